The van der Waals surface area contributed by atoms with Crippen LogP contribution in [0.25, 0.3) is 16.9 Å². The topological polar surface area (TPSA) is 47.3 Å². The molecule has 4 aromatic rings. The highest BCUT2D eigenvalue weighted by atomic mass is 79.9. The lowest BCUT2D eigenvalue weighted by molar-refractivity contribution is 0.103. The van der Waals surface area contributed by atoms with Gasteiger partial charge in [0.1, 0.15) is 6.33 Å². The van der Waals surface area contributed by atoms with Crippen molar-refractivity contribution in [1.29, 1.82) is 0 Å². The Balaban J connectivity index is 1.76. The van der Waals surface area contributed by atoms with E-state index in [1.807, 2.05) is 60.7 Å². The lowest BCUT2D eigenvalue weighted by Crippen LogP contribution is -2.05. The lowest BCUT2D eigenvalue weighted by atomic mass is 10.1. The summed E-state index contributed by atoms with van der Waals surface area (Å²) in [6.45, 7) is 0. The summed E-state index contributed by atoms with van der Waals surface area (Å²) in [5.41, 5.74) is 3.73. The van der Waals surface area contributed by atoms with Gasteiger partial charge in [0.05, 0.1) is 17.1 Å². The van der Waals surface area contributed by atoms with Gasteiger partial charge in [-0.25, -0.2) is 4.98 Å². The molecule has 0 spiro atoms. The van der Waals surface area contributed by atoms with Crippen molar-refractivity contribution in [2.75, 3.05) is 0 Å². The highest BCUT2D eigenvalue weighted by molar-refractivity contribution is 9.10. The maximum absolute atomic E-state index is 12.7. The summed E-state index contributed by atoms with van der Waals surface area (Å²) in [6, 6.07) is 18.7. The van der Waals surface area contributed by atoms with Crippen LogP contribution in [0.15, 0.2) is 77.7 Å². The molecule has 3 heterocycles. The normalized spacial score (nSPS) is 10.9. The van der Waals surface area contributed by atoms with Gasteiger partial charge in [0, 0.05) is 21.7 Å². The minimum absolute atomic E-state index is 0.0325. The zero-order valence-corrected chi connectivity index (χ0v) is 14.1. The van der Waals surface area contributed by atoms with E-state index in [9.17, 15) is 4.79 Å². The highest BCUT2D eigenvalue weighted by Crippen LogP contribution is 2.20. The molecular formula is C19H12BrN3O. The molecule has 0 N–H and O–H groups in total. The second-order valence-electron chi connectivity index (χ2n) is 5.34. The summed E-state index contributed by atoms with van der Waals surface area (Å²) in [5, 5.41) is 0. The molecular weight excluding hydrogens is 366 g/mol. The van der Waals surface area contributed by atoms with E-state index in [1.54, 1.807) is 16.9 Å². The Morgan fingerprint density at radius 3 is 2.50 bits per heavy atom. The Hall–Kier alpha value is -2.79. The van der Waals surface area contributed by atoms with E-state index < -0.39 is 0 Å². The predicted octanol–water partition coefficient (Wildman–Crippen LogP) is 4.39. The Labute approximate surface area is 146 Å². The number of fused-ring (bicyclic) bond motifs is 1. The van der Waals surface area contributed by atoms with Crippen LogP contribution in [0, 0.1) is 0 Å². The number of pyridine rings is 1. The highest BCUT2D eigenvalue weighted by Gasteiger charge is 2.14. The van der Waals surface area contributed by atoms with E-state index in [2.05, 4.69) is 25.9 Å². The smallest absolute Gasteiger partial charge is 0.209 e. The summed E-state index contributed by atoms with van der Waals surface area (Å²) in [6.07, 6.45) is 3.41. The molecule has 0 unspecified atom stereocenters. The van der Waals surface area contributed by atoms with Crippen molar-refractivity contribution in [3.05, 3.63) is 88.9 Å². The Morgan fingerprint density at radius 1 is 0.917 bits per heavy atom. The third-order valence-corrected chi connectivity index (χ3v) is 4.34. The van der Waals surface area contributed by atoms with Crippen LogP contribution in [-0.2, 0) is 0 Å². The fourth-order valence-corrected chi connectivity index (χ4v) is 2.86. The summed E-state index contributed by atoms with van der Waals surface area (Å²) in [4.78, 5) is 21.5. The zero-order valence-electron chi connectivity index (χ0n) is 12.6. The van der Waals surface area contributed by atoms with Crippen LogP contribution in [0.3, 0.4) is 0 Å². The van der Waals surface area contributed by atoms with Crippen LogP contribution < -0.4 is 0 Å². The van der Waals surface area contributed by atoms with Gasteiger partial charge in [-0.15, -0.1) is 0 Å². The fraction of sp³-hybridized carbons (Fsp3) is 0. The van der Waals surface area contributed by atoms with Crippen molar-refractivity contribution in [2.45, 2.75) is 0 Å². The molecule has 5 heteroatoms. The van der Waals surface area contributed by atoms with Gasteiger partial charge in [0.2, 0.25) is 5.78 Å². The second-order valence-corrected chi connectivity index (χ2v) is 6.25. The summed E-state index contributed by atoms with van der Waals surface area (Å²) < 4.78 is 2.75. The van der Waals surface area contributed by atoms with E-state index in [-0.39, 0.29) is 5.78 Å². The molecule has 1 aromatic carbocycles. The van der Waals surface area contributed by atoms with Crippen molar-refractivity contribution in [3.8, 4) is 11.4 Å². The first-order valence-electron chi connectivity index (χ1n) is 7.41. The molecule has 24 heavy (non-hydrogen) atoms. The largest absolute Gasteiger partial charge is 0.297 e. The van der Waals surface area contributed by atoms with Crippen molar-refractivity contribution in [2.24, 2.45) is 0 Å². The molecule has 0 aliphatic carbocycles. The molecule has 0 fully saturated rings. The lowest BCUT2D eigenvalue weighted by Gasteiger charge is -2.05. The number of nitrogens with zero attached hydrogens (tertiary/aromatic N) is 3. The molecule has 4 nitrogen and oxygen atoms in total. The van der Waals surface area contributed by atoms with Crippen molar-refractivity contribution < 1.29 is 4.79 Å². The van der Waals surface area contributed by atoms with Gasteiger partial charge in [-0.05, 0) is 54.6 Å². The van der Waals surface area contributed by atoms with Gasteiger partial charge in [0.25, 0.3) is 0 Å². The molecule has 0 saturated heterocycles. The Bertz CT molecular complexity index is 1020. The number of carbonyl (C=O) groups is 1. The fourth-order valence-electron chi connectivity index (χ4n) is 2.60. The maximum atomic E-state index is 12.7. The first-order chi connectivity index (χ1) is 11.7. The van der Waals surface area contributed by atoms with Gasteiger partial charge in [-0.2, -0.15) is 0 Å². The molecule has 0 bridgehead atoms. The summed E-state index contributed by atoms with van der Waals surface area (Å²) >= 11 is 3.38. The van der Waals surface area contributed by atoms with Gasteiger partial charge in [-0.1, -0.05) is 22.0 Å². The molecule has 3 aromatic heterocycles. The Kier molecular flexibility index (Phi) is 3.70. The molecule has 116 valence electrons. The van der Waals surface area contributed by atoms with E-state index in [1.165, 1.54) is 0 Å². The SMILES string of the molecule is O=C(c1ccc(Br)cc1)c1ccc2cc(-c3ccccn3)ncn12. The van der Waals surface area contributed by atoms with Crippen LogP contribution in [0.1, 0.15) is 16.1 Å². The maximum Gasteiger partial charge on any atom is 0.209 e. The Morgan fingerprint density at radius 2 is 1.75 bits per heavy atom. The van der Waals surface area contributed by atoms with E-state index in [4.69, 9.17) is 0 Å². The number of hydrogen-bond donors (Lipinski definition) is 0. The van der Waals surface area contributed by atoms with E-state index in [0.717, 1.165) is 21.4 Å². The molecule has 0 aliphatic rings. The molecule has 0 aliphatic heterocycles. The van der Waals surface area contributed by atoms with Gasteiger partial charge in [0.15, 0.2) is 0 Å². The molecule has 0 amide bonds. The van der Waals surface area contributed by atoms with E-state index >= 15 is 0 Å². The number of rotatable bonds is 3. The number of benzene rings is 1. The quantitative estimate of drug-likeness (QED) is 0.497. The number of halogens is 1. The monoisotopic (exact) mass is 377 g/mol. The van der Waals surface area contributed by atoms with Crippen LogP contribution >= 0.6 is 15.9 Å². The van der Waals surface area contributed by atoms with Gasteiger partial charge < -0.3 is 0 Å². The number of carbonyl (C=O) groups excluding carboxylic acids is 1. The van der Waals surface area contributed by atoms with E-state index in [0.29, 0.717) is 11.3 Å². The van der Waals surface area contributed by atoms with Crippen molar-refractivity contribution >= 4 is 27.2 Å². The third kappa shape index (κ3) is 2.63. The van der Waals surface area contributed by atoms with Crippen molar-refractivity contribution in [3.63, 3.8) is 0 Å². The van der Waals surface area contributed by atoms with Crippen LogP contribution in [-0.4, -0.2) is 20.2 Å². The number of aromatic nitrogens is 3. The number of hydrogen-bond acceptors (Lipinski definition) is 3. The third-order valence-electron chi connectivity index (χ3n) is 3.81. The van der Waals surface area contributed by atoms with Crippen molar-refractivity contribution in [1.82, 2.24) is 14.4 Å². The number of ketones is 1. The van der Waals surface area contributed by atoms with Crippen LogP contribution in [0.5, 0.6) is 0 Å². The molecule has 0 atom stereocenters. The average molecular weight is 378 g/mol. The molecule has 4 rings (SSSR count). The first kappa shape index (κ1) is 14.8. The minimum atomic E-state index is -0.0325. The zero-order chi connectivity index (χ0) is 16.5. The van der Waals surface area contributed by atoms with Crippen LogP contribution in [0.2, 0.25) is 0 Å². The van der Waals surface area contributed by atoms with Gasteiger partial charge in [-0.3, -0.25) is 14.2 Å². The molecule has 0 saturated carbocycles. The predicted molar refractivity (Wildman–Crippen MR) is 96.0 cm³/mol. The molecule has 0 radical (unpaired) electrons. The standard InChI is InChI=1S/C19H12BrN3O/c20-14-6-4-13(5-7-14)19(24)18-9-8-15-11-17(22-12-23(15)18)16-3-1-2-10-21-16/h1-12H. The van der Waals surface area contributed by atoms with Gasteiger partial charge >= 0.3 is 0 Å². The van der Waals surface area contributed by atoms with Crippen LogP contribution in [0.4, 0.5) is 0 Å². The second kappa shape index (κ2) is 6.02. The first-order valence-corrected chi connectivity index (χ1v) is 8.20. The summed E-state index contributed by atoms with van der Waals surface area (Å²) in [7, 11) is 0. The summed E-state index contributed by atoms with van der Waals surface area (Å²) in [5.74, 6) is -0.0325. The minimum Gasteiger partial charge on any atom is -0.297 e. The average Bonchev–Trinajstić information content (AvgIpc) is 3.05.